The highest BCUT2D eigenvalue weighted by atomic mass is 15.4. The Morgan fingerprint density at radius 3 is 2.29 bits per heavy atom. The van der Waals surface area contributed by atoms with E-state index in [1.54, 1.807) is 0 Å². The summed E-state index contributed by atoms with van der Waals surface area (Å²) in [4.78, 5) is 17.7. The zero-order valence-corrected chi connectivity index (χ0v) is 12.4. The summed E-state index contributed by atoms with van der Waals surface area (Å²) in [6.07, 6.45) is 5.00. The Kier molecular flexibility index (Phi) is 4.66. The molecule has 0 amide bonds. The molecule has 21 heavy (non-hydrogen) atoms. The van der Waals surface area contributed by atoms with Gasteiger partial charge in [0.15, 0.2) is 0 Å². The summed E-state index contributed by atoms with van der Waals surface area (Å²) >= 11 is 0. The lowest BCUT2D eigenvalue weighted by Gasteiger charge is -2.18. The molecule has 0 spiro atoms. The van der Waals surface area contributed by atoms with Crippen LogP contribution in [-0.2, 0) is 0 Å². The second-order valence-electron chi connectivity index (χ2n) is 5.60. The Hall–Kier alpha value is -1.67. The number of nitrogens with zero attached hydrogens (tertiary/aromatic N) is 5. The van der Waals surface area contributed by atoms with Gasteiger partial charge in [-0.1, -0.05) is 0 Å². The van der Waals surface area contributed by atoms with Gasteiger partial charge in [0.2, 0.25) is 17.8 Å². The summed E-state index contributed by atoms with van der Waals surface area (Å²) in [7, 11) is 0. The van der Waals surface area contributed by atoms with Gasteiger partial charge in [0.1, 0.15) is 0 Å². The summed E-state index contributed by atoms with van der Waals surface area (Å²) < 4.78 is 0. The van der Waals surface area contributed by atoms with Crippen LogP contribution in [-0.4, -0.2) is 59.1 Å². The number of nitrogens with one attached hydrogen (secondary N) is 2. The van der Waals surface area contributed by atoms with Crippen LogP contribution in [0.3, 0.4) is 0 Å². The minimum Gasteiger partial charge on any atom is -0.353 e. The largest absolute Gasteiger partial charge is 0.353 e. The van der Waals surface area contributed by atoms with Gasteiger partial charge in [0.05, 0.1) is 0 Å². The number of hydrazine groups is 1. The highest BCUT2D eigenvalue weighted by Crippen LogP contribution is 2.18. The van der Waals surface area contributed by atoms with Crippen LogP contribution in [0.5, 0.6) is 0 Å². The number of hydrogen-bond donors (Lipinski definition) is 3. The van der Waals surface area contributed by atoms with Crippen LogP contribution >= 0.6 is 0 Å². The molecule has 0 unspecified atom stereocenters. The average Bonchev–Trinajstić information content (AvgIpc) is 3.20. The highest BCUT2D eigenvalue weighted by molar-refractivity contribution is 5.43. The van der Waals surface area contributed by atoms with Gasteiger partial charge >= 0.3 is 0 Å². The number of rotatable bonds is 6. The van der Waals surface area contributed by atoms with Crippen molar-refractivity contribution in [2.45, 2.75) is 25.7 Å². The lowest BCUT2D eigenvalue weighted by molar-refractivity contribution is 0.352. The number of aromatic nitrogens is 3. The fourth-order valence-electron chi connectivity index (χ4n) is 2.90. The average molecular weight is 292 g/mol. The Labute approximate surface area is 125 Å². The van der Waals surface area contributed by atoms with E-state index in [-0.39, 0.29) is 0 Å². The van der Waals surface area contributed by atoms with E-state index in [0.717, 1.165) is 26.2 Å². The topological polar surface area (TPSA) is 95.2 Å². The molecule has 116 valence electrons. The highest BCUT2D eigenvalue weighted by Gasteiger charge is 2.17. The first-order valence-corrected chi connectivity index (χ1v) is 7.79. The molecule has 3 rings (SSSR count). The number of likely N-dealkylation sites (tertiary alicyclic amines) is 1. The predicted molar refractivity (Wildman–Crippen MR) is 83.2 cm³/mol. The van der Waals surface area contributed by atoms with Crippen molar-refractivity contribution in [3.63, 3.8) is 0 Å². The summed E-state index contributed by atoms with van der Waals surface area (Å²) in [6, 6.07) is 0. The van der Waals surface area contributed by atoms with Crippen molar-refractivity contribution in [1.29, 1.82) is 0 Å². The molecule has 8 heteroatoms. The van der Waals surface area contributed by atoms with Crippen molar-refractivity contribution in [3.05, 3.63) is 0 Å². The first-order valence-electron chi connectivity index (χ1n) is 7.79. The molecule has 4 N–H and O–H groups in total. The van der Waals surface area contributed by atoms with E-state index >= 15 is 0 Å². The third-order valence-corrected chi connectivity index (χ3v) is 4.05. The van der Waals surface area contributed by atoms with Gasteiger partial charge < -0.3 is 15.1 Å². The molecular formula is C13H24N8. The fourth-order valence-corrected chi connectivity index (χ4v) is 2.90. The van der Waals surface area contributed by atoms with Gasteiger partial charge in [0.25, 0.3) is 0 Å². The smallest absolute Gasteiger partial charge is 0.243 e. The molecule has 2 fully saturated rings. The first kappa shape index (κ1) is 14.3. The Morgan fingerprint density at radius 2 is 1.57 bits per heavy atom. The second-order valence-corrected chi connectivity index (χ2v) is 5.60. The molecule has 2 saturated heterocycles. The molecule has 0 bridgehead atoms. The third-order valence-electron chi connectivity index (χ3n) is 4.05. The number of hydrogen-bond acceptors (Lipinski definition) is 8. The van der Waals surface area contributed by atoms with Gasteiger partial charge in [-0.25, -0.2) is 5.84 Å². The van der Waals surface area contributed by atoms with Crippen LogP contribution in [0, 0.1) is 0 Å². The first-order chi connectivity index (χ1) is 10.3. The summed E-state index contributed by atoms with van der Waals surface area (Å²) in [5.41, 5.74) is 2.52. The summed E-state index contributed by atoms with van der Waals surface area (Å²) in [5.74, 6) is 7.17. The van der Waals surface area contributed by atoms with E-state index in [4.69, 9.17) is 5.84 Å². The van der Waals surface area contributed by atoms with Crippen LogP contribution in [0.25, 0.3) is 0 Å². The standard InChI is InChI=1S/C13H24N8/c14-19-12-16-11(15-5-10-20-6-1-2-7-20)17-13(18-12)21-8-3-4-9-21/h1-10,14H2,(H2,15,16,17,18,19). The van der Waals surface area contributed by atoms with Crippen LogP contribution in [0.1, 0.15) is 25.7 Å². The molecule has 2 aliphatic rings. The van der Waals surface area contributed by atoms with Crippen molar-refractivity contribution in [2.75, 3.05) is 54.9 Å². The molecule has 0 saturated carbocycles. The maximum absolute atomic E-state index is 5.46. The maximum atomic E-state index is 5.46. The zero-order chi connectivity index (χ0) is 14.5. The molecule has 1 aromatic heterocycles. The van der Waals surface area contributed by atoms with Gasteiger partial charge in [-0.05, 0) is 38.8 Å². The number of nitrogens with two attached hydrogens (primary N) is 1. The van der Waals surface area contributed by atoms with Crippen molar-refractivity contribution in [3.8, 4) is 0 Å². The van der Waals surface area contributed by atoms with E-state index in [1.807, 2.05) is 0 Å². The zero-order valence-electron chi connectivity index (χ0n) is 12.4. The van der Waals surface area contributed by atoms with Gasteiger partial charge in [0, 0.05) is 26.2 Å². The molecule has 8 nitrogen and oxygen atoms in total. The van der Waals surface area contributed by atoms with Crippen LogP contribution < -0.4 is 21.5 Å². The molecule has 0 aliphatic carbocycles. The quantitative estimate of drug-likeness (QED) is 0.508. The Bertz CT molecular complexity index is 453. The van der Waals surface area contributed by atoms with Gasteiger partial charge in [-0.3, -0.25) is 5.43 Å². The van der Waals surface area contributed by atoms with E-state index in [9.17, 15) is 0 Å². The van der Waals surface area contributed by atoms with E-state index in [0.29, 0.717) is 17.8 Å². The SMILES string of the molecule is NNc1nc(NCCN2CCCC2)nc(N2CCCC2)n1. The lowest BCUT2D eigenvalue weighted by atomic mass is 10.4. The van der Waals surface area contributed by atoms with Gasteiger partial charge in [-0.2, -0.15) is 15.0 Å². The molecular weight excluding hydrogens is 268 g/mol. The Morgan fingerprint density at radius 1 is 0.905 bits per heavy atom. The molecule has 0 atom stereocenters. The van der Waals surface area contributed by atoms with Crippen molar-refractivity contribution in [2.24, 2.45) is 5.84 Å². The summed E-state index contributed by atoms with van der Waals surface area (Å²) in [5, 5.41) is 3.28. The molecule has 1 aromatic rings. The Balaban J connectivity index is 1.61. The molecule has 3 heterocycles. The summed E-state index contributed by atoms with van der Waals surface area (Å²) in [6.45, 7) is 6.27. The lowest BCUT2D eigenvalue weighted by Crippen LogP contribution is -2.27. The minimum absolute atomic E-state index is 0.413. The van der Waals surface area contributed by atoms with Crippen molar-refractivity contribution in [1.82, 2.24) is 19.9 Å². The molecule has 0 aromatic carbocycles. The van der Waals surface area contributed by atoms with Crippen molar-refractivity contribution >= 4 is 17.8 Å². The van der Waals surface area contributed by atoms with Crippen LogP contribution in [0.15, 0.2) is 0 Å². The van der Waals surface area contributed by atoms with E-state index in [2.05, 4.69) is 35.5 Å². The third kappa shape index (κ3) is 3.70. The number of nitrogen functional groups attached to an aromatic ring is 1. The number of anilines is 3. The maximum Gasteiger partial charge on any atom is 0.243 e. The van der Waals surface area contributed by atoms with Crippen LogP contribution in [0.4, 0.5) is 17.8 Å². The minimum atomic E-state index is 0.413. The predicted octanol–water partition coefficient (Wildman–Crippen LogP) is 0.265. The van der Waals surface area contributed by atoms with Crippen molar-refractivity contribution < 1.29 is 0 Å². The molecule has 2 aliphatic heterocycles. The van der Waals surface area contributed by atoms with Gasteiger partial charge in [-0.15, -0.1) is 0 Å². The second kappa shape index (κ2) is 6.86. The van der Waals surface area contributed by atoms with E-state index < -0.39 is 0 Å². The van der Waals surface area contributed by atoms with E-state index in [1.165, 1.54) is 38.8 Å². The normalized spacial score (nSPS) is 19.2. The van der Waals surface area contributed by atoms with Crippen LogP contribution in [0.2, 0.25) is 0 Å². The monoisotopic (exact) mass is 292 g/mol. The fraction of sp³-hybridized carbons (Fsp3) is 0.769. The molecule has 0 radical (unpaired) electrons.